The summed E-state index contributed by atoms with van der Waals surface area (Å²) in [6, 6.07) is 3.89. The maximum atomic E-state index is 12.1. The molecule has 0 aliphatic carbocycles. The Morgan fingerprint density at radius 3 is 2.70 bits per heavy atom. The van der Waals surface area contributed by atoms with Crippen LogP contribution < -0.4 is 10.5 Å². The second kappa shape index (κ2) is 5.10. The van der Waals surface area contributed by atoms with Crippen LogP contribution in [0.5, 0.6) is 0 Å². The Bertz CT molecular complexity index is 768. The van der Waals surface area contributed by atoms with Gasteiger partial charge in [0.15, 0.2) is 4.21 Å². The first-order valence-corrected chi connectivity index (χ1v) is 7.67. The van der Waals surface area contributed by atoms with Crippen LogP contribution in [0.2, 0.25) is 0 Å². The molecule has 20 heavy (non-hydrogen) atoms. The molecule has 0 saturated carbocycles. The number of rotatable bonds is 4. The molecule has 2 rings (SSSR count). The van der Waals surface area contributed by atoms with Crippen LogP contribution in [0.25, 0.3) is 0 Å². The number of hydrogen-bond acceptors (Lipinski definition) is 6. The second-order valence-corrected chi connectivity index (χ2v) is 7.06. The summed E-state index contributed by atoms with van der Waals surface area (Å²) in [4.78, 5) is 14.9. The zero-order valence-corrected chi connectivity index (χ0v) is 12.0. The Morgan fingerprint density at radius 1 is 1.45 bits per heavy atom. The number of nitrogens with one attached hydrogen (secondary N) is 1. The minimum atomic E-state index is -3.88. The van der Waals surface area contributed by atoms with Crippen LogP contribution in [-0.2, 0) is 10.0 Å². The van der Waals surface area contributed by atoms with Crippen molar-refractivity contribution < 1.29 is 18.3 Å². The highest BCUT2D eigenvalue weighted by molar-refractivity contribution is 7.94. The molecule has 7 nitrogen and oxygen atoms in total. The average molecular weight is 313 g/mol. The van der Waals surface area contributed by atoms with Gasteiger partial charge in [0.25, 0.3) is 10.0 Å². The van der Waals surface area contributed by atoms with E-state index in [4.69, 9.17) is 10.8 Å². The lowest BCUT2D eigenvalue weighted by atomic mass is 10.1. The molecule has 1 heterocycles. The summed E-state index contributed by atoms with van der Waals surface area (Å²) in [6.07, 6.45) is 1.22. The molecule has 0 aliphatic heterocycles. The van der Waals surface area contributed by atoms with Gasteiger partial charge in [-0.15, -0.1) is 11.3 Å². The Hall–Kier alpha value is -2.13. The highest BCUT2D eigenvalue weighted by Crippen LogP contribution is 2.25. The van der Waals surface area contributed by atoms with E-state index in [1.807, 2.05) is 0 Å². The van der Waals surface area contributed by atoms with Crippen LogP contribution in [0, 0.1) is 6.92 Å². The standard InChI is InChI=1S/C11H11N3O4S2/c1-6-13-5-10(19-6)20(17,18)14-9-4-7(12)2-3-8(9)11(15)16/h2-5,14H,12H2,1H3,(H,15,16). The van der Waals surface area contributed by atoms with Crippen LogP contribution in [0.15, 0.2) is 28.6 Å². The number of nitrogen functional groups attached to an aromatic ring is 1. The summed E-state index contributed by atoms with van der Waals surface area (Å²) in [5, 5.41) is 9.64. The summed E-state index contributed by atoms with van der Waals surface area (Å²) >= 11 is 0.992. The van der Waals surface area contributed by atoms with E-state index in [9.17, 15) is 13.2 Å². The van der Waals surface area contributed by atoms with Gasteiger partial charge in [-0.05, 0) is 25.1 Å². The molecule has 1 aromatic heterocycles. The molecule has 1 aromatic carbocycles. The number of anilines is 2. The summed E-state index contributed by atoms with van der Waals surface area (Å²) < 4.78 is 26.5. The van der Waals surface area contributed by atoms with Gasteiger partial charge < -0.3 is 10.8 Å². The largest absolute Gasteiger partial charge is 0.478 e. The van der Waals surface area contributed by atoms with E-state index >= 15 is 0 Å². The van der Waals surface area contributed by atoms with E-state index in [0.29, 0.717) is 5.01 Å². The van der Waals surface area contributed by atoms with E-state index in [1.54, 1.807) is 6.92 Å². The van der Waals surface area contributed by atoms with E-state index in [0.717, 1.165) is 11.3 Å². The minimum absolute atomic E-state index is 0.00811. The summed E-state index contributed by atoms with van der Waals surface area (Å²) in [5.74, 6) is -1.25. The molecule has 0 unspecified atom stereocenters. The smallest absolute Gasteiger partial charge is 0.337 e. The van der Waals surface area contributed by atoms with Crippen molar-refractivity contribution in [3.8, 4) is 0 Å². The number of aromatic carboxylic acids is 1. The third-order valence-electron chi connectivity index (χ3n) is 2.38. The van der Waals surface area contributed by atoms with Gasteiger partial charge in [-0.3, -0.25) is 4.72 Å². The summed E-state index contributed by atoms with van der Waals surface area (Å²) in [5.41, 5.74) is 5.55. The number of carbonyl (C=O) groups is 1. The first-order chi connectivity index (χ1) is 9.29. The molecule has 0 aliphatic rings. The fourth-order valence-corrected chi connectivity index (χ4v) is 3.67. The van der Waals surface area contributed by atoms with Crippen molar-refractivity contribution in [1.82, 2.24) is 4.98 Å². The van der Waals surface area contributed by atoms with Crippen LogP contribution in [-0.4, -0.2) is 24.5 Å². The number of aromatic nitrogens is 1. The molecule has 106 valence electrons. The predicted molar refractivity (Wildman–Crippen MR) is 75.5 cm³/mol. The number of thiazole rings is 1. The van der Waals surface area contributed by atoms with Crippen molar-refractivity contribution in [2.24, 2.45) is 0 Å². The van der Waals surface area contributed by atoms with Crippen LogP contribution >= 0.6 is 11.3 Å². The number of benzene rings is 1. The zero-order valence-electron chi connectivity index (χ0n) is 10.3. The van der Waals surface area contributed by atoms with E-state index in [-0.39, 0.29) is 21.1 Å². The Morgan fingerprint density at radius 2 is 2.15 bits per heavy atom. The molecule has 0 radical (unpaired) electrons. The maximum Gasteiger partial charge on any atom is 0.337 e. The zero-order chi connectivity index (χ0) is 14.9. The second-order valence-electron chi connectivity index (χ2n) is 3.91. The molecule has 0 bridgehead atoms. The fourth-order valence-electron chi connectivity index (χ4n) is 1.49. The fraction of sp³-hybridized carbons (Fsp3) is 0.0909. The van der Waals surface area contributed by atoms with Gasteiger partial charge in [0.2, 0.25) is 0 Å². The number of sulfonamides is 1. The predicted octanol–water partition coefficient (Wildman–Crippen LogP) is 1.53. The van der Waals surface area contributed by atoms with Gasteiger partial charge in [0, 0.05) is 5.69 Å². The molecular formula is C11H11N3O4S2. The molecule has 4 N–H and O–H groups in total. The molecular weight excluding hydrogens is 302 g/mol. The topological polar surface area (TPSA) is 122 Å². The maximum absolute atomic E-state index is 12.1. The number of nitrogens with two attached hydrogens (primary N) is 1. The SMILES string of the molecule is Cc1ncc(S(=O)(=O)Nc2cc(N)ccc2C(=O)O)s1. The van der Waals surface area contributed by atoms with Crippen molar-refractivity contribution in [3.05, 3.63) is 35.0 Å². The van der Waals surface area contributed by atoms with Crippen LogP contribution in [0.1, 0.15) is 15.4 Å². The molecule has 0 amide bonds. The number of aryl methyl sites for hydroxylation is 1. The molecule has 0 saturated heterocycles. The average Bonchev–Trinajstić information content (AvgIpc) is 2.75. The van der Waals surface area contributed by atoms with Gasteiger partial charge in [-0.1, -0.05) is 0 Å². The van der Waals surface area contributed by atoms with Crippen molar-refractivity contribution in [2.75, 3.05) is 10.5 Å². The van der Waals surface area contributed by atoms with Gasteiger partial charge in [0.05, 0.1) is 22.5 Å². The highest BCUT2D eigenvalue weighted by atomic mass is 32.2. The lowest BCUT2D eigenvalue weighted by molar-refractivity contribution is 0.0698. The third-order valence-corrected chi connectivity index (χ3v) is 5.12. The number of hydrogen-bond donors (Lipinski definition) is 3. The first kappa shape index (κ1) is 14.3. The number of carboxylic acid groups (broad SMARTS) is 1. The Balaban J connectivity index is 2.44. The first-order valence-electron chi connectivity index (χ1n) is 5.37. The van der Waals surface area contributed by atoms with E-state index in [2.05, 4.69) is 9.71 Å². The van der Waals surface area contributed by atoms with E-state index < -0.39 is 16.0 Å². The minimum Gasteiger partial charge on any atom is -0.478 e. The lowest BCUT2D eigenvalue weighted by Crippen LogP contribution is -2.14. The van der Waals surface area contributed by atoms with Crippen molar-refractivity contribution in [3.63, 3.8) is 0 Å². The summed E-state index contributed by atoms with van der Waals surface area (Å²) in [7, 11) is -3.88. The van der Waals surface area contributed by atoms with Crippen LogP contribution in [0.3, 0.4) is 0 Å². The van der Waals surface area contributed by atoms with Crippen molar-refractivity contribution in [2.45, 2.75) is 11.1 Å². The van der Waals surface area contributed by atoms with Crippen LogP contribution in [0.4, 0.5) is 11.4 Å². The van der Waals surface area contributed by atoms with Gasteiger partial charge in [-0.2, -0.15) is 0 Å². The molecule has 0 fully saturated rings. The number of carboxylic acids is 1. The highest BCUT2D eigenvalue weighted by Gasteiger charge is 2.20. The van der Waals surface area contributed by atoms with Crippen molar-refractivity contribution in [1.29, 1.82) is 0 Å². The lowest BCUT2D eigenvalue weighted by Gasteiger charge is -2.09. The molecule has 0 spiro atoms. The Kier molecular flexibility index (Phi) is 3.64. The summed E-state index contributed by atoms with van der Waals surface area (Å²) in [6.45, 7) is 1.67. The third kappa shape index (κ3) is 2.89. The van der Waals surface area contributed by atoms with Gasteiger partial charge >= 0.3 is 5.97 Å². The normalized spacial score (nSPS) is 11.2. The van der Waals surface area contributed by atoms with Gasteiger partial charge in [-0.25, -0.2) is 18.2 Å². The Labute approximate surface area is 119 Å². The molecule has 2 aromatic rings. The van der Waals surface area contributed by atoms with Crippen molar-refractivity contribution >= 4 is 38.7 Å². The monoisotopic (exact) mass is 313 g/mol. The van der Waals surface area contributed by atoms with E-state index in [1.165, 1.54) is 24.4 Å². The number of nitrogens with zero attached hydrogens (tertiary/aromatic N) is 1. The quantitative estimate of drug-likeness (QED) is 0.736. The molecule has 0 atom stereocenters. The molecule has 9 heteroatoms. The van der Waals surface area contributed by atoms with Gasteiger partial charge in [0.1, 0.15) is 0 Å².